The van der Waals surface area contributed by atoms with E-state index in [1.807, 2.05) is 0 Å². The first-order valence-corrected chi connectivity index (χ1v) is 6.75. The summed E-state index contributed by atoms with van der Waals surface area (Å²) in [7, 11) is 2.22. The van der Waals surface area contributed by atoms with Gasteiger partial charge in [-0.15, -0.1) is 0 Å². The van der Waals surface area contributed by atoms with Gasteiger partial charge < -0.3 is 10.6 Å². The molecule has 1 aliphatic carbocycles. The van der Waals surface area contributed by atoms with Crippen LogP contribution >= 0.6 is 0 Å². The zero-order chi connectivity index (χ0) is 11.8. The van der Waals surface area contributed by atoms with Crippen LogP contribution in [0.15, 0.2) is 0 Å². The van der Waals surface area contributed by atoms with Crippen LogP contribution in [0.4, 0.5) is 0 Å². The number of hydrogen-bond acceptors (Lipinski definition) is 3. The van der Waals surface area contributed by atoms with Gasteiger partial charge in [-0.3, -0.25) is 4.90 Å². The Morgan fingerprint density at radius 1 is 1.31 bits per heavy atom. The molecule has 0 spiro atoms. The summed E-state index contributed by atoms with van der Waals surface area (Å²) in [6, 6.07) is 0.655. The van der Waals surface area contributed by atoms with Gasteiger partial charge in [0.25, 0.3) is 0 Å². The van der Waals surface area contributed by atoms with E-state index in [4.69, 9.17) is 5.73 Å². The van der Waals surface area contributed by atoms with Crippen molar-refractivity contribution >= 4 is 0 Å². The van der Waals surface area contributed by atoms with Crippen molar-refractivity contribution in [3.8, 4) is 0 Å². The van der Waals surface area contributed by atoms with Crippen molar-refractivity contribution < 1.29 is 0 Å². The number of nitrogens with two attached hydrogens (primary N) is 1. The maximum Gasteiger partial charge on any atom is 0.0361 e. The van der Waals surface area contributed by atoms with Crippen LogP contribution in [0, 0.1) is 5.92 Å². The summed E-state index contributed by atoms with van der Waals surface area (Å²) >= 11 is 0. The summed E-state index contributed by atoms with van der Waals surface area (Å²) in [5.74, 6) is 0.767. The summed E-state index contributed by atoms with van der Waals surface area (Å²) in [4.78, 5) is 5.15. The standard InChI is InChI=1S/C13H27N3/c1-11-5-4-6-13(11,10-14)16-8-7-15(3)9-12(16)2/h11-12H,4-10,14H2,1-3H3. The van der Waals surface area contributed by atoms with Crippen molar-refractivity contribution in [2.24, 2.45) is 11.7 Å². The van der Waals surface area contributed by atoms with Gasteiger partial charge in [-0.1, -0.05) is 13.3 Å². The van der Waals surface area contributed by atoms with Gasteiger partial charge in [-0.2, -0.15) is 0 Å². The average Bonchev–Trinajstić information content (AvgIpc) is 2.61. The molecule has 0 aromatic heterocycles. The molecule has 3 heteroatoms. The maximum absolute atomic E-state index is 6.13. The Bertz CT molecular complexity index is 243. The van der Waals surface area contributed by atoms with E-state index in [0.717, 1.165) is 12.5 Å². The van der Waals surface area contributed by atoms with Crippen molar-refractivity contribution in [1.29, 1.82) is 0 Å². The van der Waals surface area contributed by atoms with Gasteiger partial charge in [0.15, 0.2) is 0 Å². The Hall–Kier alpha value is -0.120. The fourth-order valence-electron chi connectivity index (χ4n) is 3.88. The normalized spacial score (nSPS) is 42.8. The molecule has 94 valence electrons. The molecular weight excluding hydrogens is 198 g/mol. The van der Waals surface area contributed by atoms with Crippen LogP contribution in [0.3, 0.4) is 0 Å². The lowest BCUT2D eigenvalue weighted by molar-refractivity contribution is -0.0146. The van der Waals surface area contributed by atoms with Crippen LogP contribution in [0.5, 0.6) is 0 Å². The van der Waals surface area contributed by atoms with E-state index in [1.54, 1.807) is 0 Å². The summed E-state index contributed by atoms with van der Waals surface area (Å²) in [6.07, 6.45) is 4.02. The molecule has 0 bridgehead atoms. The highest BCUT2D eigenvalue weighted by Crippen LogP contribution is 2.41. The maximum atomic E-state index is 6.13. The van der Waals surface area contributed by atoms with E-state index in [2.05, 4.69) is 30.7 Å². The number of rotatable bonds is 2. The fraction of sp³-hybridized carbons (Fsp3) is 1.00. The monoisotopic (exact) mass is 225 g/mol. The second-order valence-electron chi connectivity index (χ2n) is 5.91. The number of hydrogen-bond donors (Lipinski definition) is 1. The van der Waals surface area contributed by atoms with Crippen molar-refractivity contribution in [1.82, 2.24) is 9.80 Å². The Kier molecular flexibility index (Phi) is 3.57. The molecule has 0 aromatic carbocycles. The minimum atomic E-state index is 0.306. The Morgan fingerprint density at radius 3 is 2.56 bits per heavy atom. The van der Waals surface area contributed by atoms with E-state index < -0.39 is 0 Å². The zero-order valence-corrected chi connectivity index (χ0v) is 11.1. The van der Waals surface area contributed by atoms with Crippen LogP contribution in [0.1, 0.15) is 33.1 Å². The van der Waals surface area contributed by atoms with Crippen molar-refractivity contribution in [3.05, 3.63) is 0 Å². The Labute approximate surface area is 100.0 Å². The van der Waals surface area contributed by atoms with Crippen LogP contribution in [-0.2, 0) is 0 Å². The smallest absolute Gasteiger partial charge is 0.0361 e. The van der Waals surface area contributed by atoms with Gasteiger partial charge in [-0.05, 0) is 32.7 Å². The topological polar surface area (TPSA) is 32.5 Å². The Morgan fingerprint density at radius 2 is 2.06 bits per heavy atom. The second kappa shape index (κ2) is 4.63. The molecule has 1 aliphatic heterocycles. The molecule has 1 saturated carbocycles. The molecule has 2 N–H and O–H groups in total. The predicted octanol–water partition coefficient (Wildman–Crippen LogP) is 1.14. The first kappa shape index (κ1) is 12.3. The minimum Gasteiger partial charge on any atom is -0.329 e. The van der Waals surface area contributed by atoms with E-state index in [9.17, 15) is 0 Å². The molecule has 1 saturated heterocycles. The lowest BCUT2D eigenvalue weighted by Crippen LogP contribution is -2.64. The van der Waals surface area contributed by atoms with Crippen LogP contribution in [0.25, 0.3) is 0 Å². The summed E-state index contributed by atoms with van der Waals surface area (Å²) in [5.41, 5.74) is 6.44. The van der Waals surface area contributed by atoms with Gasteiger partial charge in [0.2, 0.25) is 0 Å². The molecule has 0 radical (unpaired) electrons. The van der Waals surface area contributed by atoms with Crippen LogP contribution in [0.2, 0.25) is 0 Å². The van der Waals surface area contributed by atoms with E-state index >= 15 is 0 Å². The molecule has 0 amide bonds. The molecule has 16 heavy (non-hydrogen) atoms. The molecule has 2 rings (SSSR count). The van der Waals surface area contributed by atoms with Gasteiger partial charge in [-0.25, -0.2) is 0 Å². The van der Waals surface area contributed by atoms with Gasteiger partial charge >= 0.3 is 0 Å². The zero-order valence-electron chi connectivity index (χ0n) is 11.1. The summed E-state index contributed by atoms with van der Waals surface area (Å²) in [6.45, 7) is 9.16. The highest BCUT2D eigenvalue weighted by atomic mass is 15.3. The third kappa shape index (κ3) is 1.89. The fourth-order valence-corrected chi connectivity index (χ4v) is 3.88. The van der Waals surface area contributed by atoms with Crippen molar-refractivity contribution in [3.63, 3.8) is 0 Å². The third-order valence-electron chi connectivity index (χ3n) is 4.92. The van der Waals surface area contributed by atoms with Crippen LogP contribution < -0.4 is 5.73 Å². The molecule has 3 nitrogen and oxygen atoms in total. The molecule has 1 heterocycles. The molecule has 0 aromatic rings. The quantitative estimate of drug-likeness (QED) is 0.765. The first-order valence-electron chi connectivity index (χ1n) is 6.75. The summed E-state index contributed by atoms with van der Waals surface area (Å²) < 4.78 is 0. The molecule has 2 aliphatic rings. The molecule has 3 unspecified atom stereocenters. The van der Waals surface area contributed by atoms with E-state index in [1.165, 1.54) is 38.9 Å². The predicted molar refractivity (Wildman–Crippen MR) is 68.5 cm³/mol. The number of likely N-dealkylation sites (N-methyl/N-ethyl adjacent to an activating group) is 1. The van der Waals surface area contributed by atoms with Crippen molar-refractivity contribution in [2.75, 3.05) is 33.2 Å². The lowest BCUT2D eigenvalue weighted by atomic mass is 9.84. The van der Waals surface area contributed by atoms with Crippen LogP contribution in [-0.4, -0.2) is 54.6 Å². The van der Waals surface area contributed by atoms with E-state index in [0.29, 0.717) is 11.6 Å². The molecule has 2 fully saturated rings. The Balaban J connectivity index is 2.15. The van der Waals surface area contributed by atoms with Crippen molar-refractivity contribution in [2.45, 2.75) is 44.7 Å². The molecular formula is C13H27N3. The van der Waals surface area contributed by atoms with Gasteiger partial charge in [0, 0.05) is 37.8 Å². The summed E-state index contributed by atoms with van der Waals surface area (Å²) in [5, 5.41) is 0. The average molecular weight is 225 g/mol. The highest BCUT2D eigenvalue weighted by Gasteiger charge is 2.46. The largest absolute Gasteiger partial charge is 0.329 e. The minimum absolute atomic E-state index is 0.306. The van der Waals surface area contributed by atoms with Gasteiger partial charge in [0.05, 0.1) is 0 Å². The SMILES string of the molecule is CC1CN(C)CCN1C1(CN)CCCC1C. The number of piperazine rings is 1. The molecule has 3 atom stereocenters. The number of nitrogens with zero attached hydrogens (tertiary/aromatic N) is 2. The first-order chi connectivity index (χ1) is 7.60. The highest BCUT2D eigenvalue weighted by molar-refractivity contribution is 5.03. The second-order valence-corrected chi connectivity index (χ2v) is 5.91. The van der Waals surface area contributed by atoms with Gasteiger partial charge in [0.1, 0.15) is 0 Å². The lowest BCUT2D eigenvalue weighted by Gasteiger charge is -2.51. The third-order valence-corrected chi connectivity index (χ3v) is 4.92. The van der Waals surface area contributed by atoms with E-state index in [-0.39, 0.29) is 0 Å².